The smallest absolute Gasteiger partial charge is 0.249 e. The molecule has 2 rings (SSSR count). The lowest BCUT2D eigenvalue weighted by atomic mass is 10.2. The van der Waals surface area contributed by atoms with Crippen LogP contribution in [0.3, 0.4) is 0 Å². The fourth-order valence-electron chi connectivity index (χ4n) is 2.14. The van der Waals surface area contributed by atoms with E-state index in [4.69, 9.17) is 4.52 Å². The van der Waals surface area contributed by atoms with Gasteiger partial charge in [-0.1, -0.05) is 12.1 Å². The molecule has 7 nitrogen and oxygen atoms in total. The molecule has 2 aromatic rings. The van der Waals surface area contributed by atoms with Crippen molar-refractivity contribution < 1.29 is 22.1 Å². The minimum atomic E-state index is -3.49. The number of hydrogen-bond acceptors (Lipinski definition) is 6. The van der Waals surface area contributed by atoms with Crippen molar-refractivity contribution in [1.82, 2.24) is 15.5 Å². The van der Waals surface area contributed by atoms with Gasteiger partial charge in [0.1, 0.15) is 17.1 Å². The number of halogens is 1. The molecule has 1 heterocycles. The Bertz CT molecular complexity index is 833. The summed E-state index contributed by atoms with van der Waals surface area (Å²) in [5, 5.41) is 5.19. The zero-order chi connectivity index (χ0) is 18.6. The highest BCUT2D eigenvalue weighted by Crippen LogP contribution is 2.19. The summed E-state index contributed by atoms with van der Waals surface area (Å²) in [6, 6.07) is 4.90. The summed E-state index contributed by atoms with van der Waals surface area (Å²) >= 11 is 0. The second-order valence-electron chi connectivity index (χ2n) is 5.70. The second-order valence-corrected chi connectivity index (χ2v) is 8.14. The van der Waals surface area contributed by atoms with Crippen LogP contribution in [-0.2, 0) is 14.6 Å². The van der Waals surface area contributed by atoms with E-state index in [0.717, 1.165) is 0 Å². The molecule has 0 aliphatic carbocycles. The molecule has 0 aliphatic heterocycles. The minimum Gasteiger partial charge on any atom is -0.343 e. The number of nitrogens with one attached hydrogen (secondary N) is 1. The zero-order valence-electron chi connectivity index (χ0n) is 14.2. The first kappa shape index (κ1) is 19.0. The SMILES string of the molecule is CCCS(=O)(=O)C(C)C(=O)NC(C)c1nc(-c2ccc(F)cc2)no1. The van der Waals surface area contributed by atoms with Crippen LogP contribution in [0.4, 0.5) is 4.39 Å². The molecule has 0 bridgehead atoms. The number of aromatic nitrogens is 2. The Labute approximate surface area is 145 Å². The van der Waals surface area contributed by atoms with Crippen molar-refractivity contribution in [3.05, 3.63) is 36.0 Å². The molecule has 1 aromatic carbocycles. The fraction of sp³-hybridized carbons (Fsp3) is 0.438. The molecule has 0 radical (unpaired) electrons. The molecule has 0 aliphatic rings. The van der Waals surface area contributed by atoms with Crippen LogP contribution in [0.5, 0.6) is 0 Å². The van der Waals surface area contributed by atoms with Gasteiger partial charge in [-0.05, 0) is 44.5 Å². The Kier molecular flexibility index (Phi) is 5.89. The van der Waals surface area contributed by atoms with Gasteiger partial charge in [0.25, 0.3) is 0 Å². The number of carbonyl (C=O) groups excluding carboxylic acids is 1. The molecule has 2 unspecified atom stereocenters. The van der Waals surface area contributed by atoms with Gasteiger partial charge in [0.2, 0.25) is 17.6 Å². The van der Waals surface area contributed by atoms with Crippen LogP contribution in [0.25, 0.3) is 11.4 Å². The van der Waals surface area contributed by atoms with Gasteiger partial charge >= 0.3 is 0 Å². The van der Waals surface area contributed by atoms with Crippen LogP contribution in [-0.4, -0.2) is 35.5 Å². The standard InChI is InChI=1S/C16H20FN3O4S/c1-4-9-25(22,23)11(3)15(21)18-10(2)16-19-14(20-24-16)12-5-7-13(17)8-6-12/h5-8,10-11H,4,9H2,1-3H3,(H,18,21). The number of benzene rings is 1. The van der Waals surface area contributed by atoms with Crippen molar-refractivity contribution in [2.45, 2.75) is 38.5 Å². The molecule has 2 atom stereocenters. The first-order valence-corrected chi connectivity index (χ1v) is 9.57. The minimum absolute atomic E-state index is 0.0504. The molecule has 0 saturated heterocycles. The van der Waals surface area contributed by atoms with E-state index in [2.05, 4.69) is 15.5 Å². The third-order valence-corrected chi connectivity index (χ3v) is 5.94. The maximum absolute atomic E-state index is 12.9. The van der Waals surface area contributed by atoms with Crippen LogP contribution in [0.15, 0.2) is 28.8 Å². The molecule has 25 heavy (non-hydrogen) atoms. The number of carbonyl (C=O) groups is 1. The molecule has 0 spiro atoms. The van der Waals surface area contributed by atoms with E-state index in [1.165, 1.54) is 31.2 Å². The van der Waals surface area contributed by atoms with Gasteiger partial charge in [-0.3, -0.25) is 4.79 Å². The van der Waals surface area contributed by atoms with Crippen LogP contribution in [0, 0.1) is 5.82 Å². The predicted octanol–water partition coefficient (Wildman–Crippen LogP) is 2.27. The van der Waals surface area contributed by atoms with Gasteiger partial charge in [0.15, 0.2) is 9.84 Å². The van der Waals surface area contributed by atoms with E-state index in [-0.39, 0.29) is 23.3 Å². The Balaban J connectivity index is 2.07. The summed E-state index contributed by atoms with van der Waals surface area (Å²) in [6.45, 7) is 4.70. The maximum Gasteiger partial charge on any atom is 0.249 e. The molecule has 1 amide bonds. The molecule has 1 N–H and O–H groups in total. The van der Waals surface area contributed by atoms with Crippen molar-refractivity contribution in [2.75, 3.05) is 5.75 Å². The highest BCUT2D eigenvalue weighted by atomic mass is 32.2. The lowest BCUT2D eigenvalue weighted by Gasteiger charge is -2.15. The number of nitrogens with zero attached hydrogens (tertiary/aromatic N) is 2. The first-order chi connectivity index (χ1) is 11.7. The van der Waals surface area contributed by atoms with E-state index in [1.54, 1.807) is 13.8 Å². The molecule has 0 saturated carbocycles. The summed E-state index contributed by atoms with van der Waals surface area (Å²) in [5.74, 6) is -0.668. The maximum atomic E-state index is 12.9. The van der Waals surface area contributed by atoms with Crippen molar-refractivity contribution in [2.24, 2.45) is 0 Å². The van der Waals surface area contributed by atoms with Crippen molar-refractivity contribution in [3.63, 3.8) is 0 Å². The van der Waals surface area contributed by atoms with Crippen LogP contribution < -0.4 is 5.32 Å². The van der Waals surface area contributed by atoms with Crippen molar-refractivity contribution >= 4 is 15.7 Å². The second kappa shape index (κ2) is 7.73. The van der Waals surface area contributed by atoms with E-state index in [1.807, 2.05) is 0 Å². The topological polar surface area (TPSA) is 102 Å². The summed E-state index contributed by atoms with van der Waals surface area (Å²) < 4.78 is 42.0. The number of rotatable bonds is 7. The third-order valence-electron chi connectivity index (χ3n) is 3.67. The van der Waals surface area contributed by atoms with Gasteiger partial charge in [0, 0.05) is 5.56 Å². The summed E-state index contributed by atoms with van der Waals surface area (Å²) in [6.07, 6.45) is 0.445. The zero-order valence-corrected chi connectivity index (χ0v) is 15.0. The molecule has 1 aromatic heterocycles. The monoisotopic (exact) mass is 369 g/mol. The predicted molar refractivity (Wildman–Crippen MR) is 89.8 cm³/mol. The normalized spacial score (nSPS) is 14.1. The Morgan fingerprint density at radius 2 is 1.92 bits per heavy atom. The molecule has 0 fully saturated rings. The van der Waals surface area contributed by atoms with E-state index < -0.39 is 27.0 Å². The molecule has 136 valence electrons. The molecular formula is C16H20FN3O4S. The average Bonchev–Trinajstić information content (AvgIpc) is 3.04. The fourth-order valence-corrected chi connectivity index (χ4v) is 3.46. The van der Waals surface area contributed by atoms with Crippen molar-refractivity contribution in [3.8, 4) is 11.4 Å². The Hall–Kier alpha value is -2.29. The number of hydrogen-bond donors (Lipinski definition) is 1. The van der Waals surface area contributed by atoms with Crippen LogP contribution >= 0.6 is 0 Å². The highest BCUT2D eigenvalue weighted by molar-refractivity contribution is 7.92. The van der Waals surface area contributed by atoms with Crippen molar-refractivity contribution in [1.29, 1.82) is 0 Å². The third kappa shape index (κ3) is 4.62. The van der Waals surface area contributed by atoms with E-state index >= 15 is 0 Å². The van der Waals surface area contributed by atoms with Gasteiger partial charge in [-0.15, -0.1) is 0 Å². The van der Waals surface area contributed by atoms with Crippen LogP contribution in [0.1, 0.15) is 39.1 Å². The number of amides is 1. The summed E-state index contributed by atoms with van der Waals surface area (Å²) in [4.78, 5) is 16.3. The first-order valence-electron chi connectivity index (χ1n) is 7.86. The molecule has 9 heteroatoms. The van der Waals surface area contributed by atoms with Gasteiger partial charge in [-0.25, -0.2) is 12.8 Å². The van der Waals surface area contributed by atoms with E-state index in [9.17, 15) is 17.6 Å². The number of sulfone groups is 1. The Morgan fingerprint density at radius 1 is 1.28 bits per heavy atom. The lowest BCUT2D eigenvalue weighted by molar-refractivity contribution is -0.121. The molecular weight excluding hydrogens is 349 g/mol. The quantitative estimate of drug-likeness (QED) is 0.803. The van der Waals surface area contributed by atoms with Crippen LogP contribution in [0.2, 0.25) is 0 Å². The van der Waals surface area contributed by atoms with Gasteiger partial charge in [0.05, 0.1) is 5.75 Å². The average molecular weight is 369 g/mol. The summed E-state index contributed by atoms with van der Waals surface area (Å²) in [7, 11) is -3.49. The van der Waals surface area contributed by atoms with Gasteiger partial charge < -0.3 is 9.84 Å². The largest absolute Gasteiger partial charge is 0.343 e. The van der Waals surface area contributed by atoms with Gasteiger partial charge in [-0.2, -0.15) is 4.98 Å². The lowest BCUT2D eigenvalue weighted by Crippen LogP contribution is -2.40. The highest BCUT2D eigenvalue weighted by Gasteiger charge is 2.29. The summed E-state index contributed by atoms with van der Waals surface area (Å²) in [5.41, 5.74) is 0.564. The van der Waals surface area contributed by atoms with E-state index in [0.29, 0.717) is 12.0 Å². The Morgan fingerprint density at radius 3 is 2.52 bits per heavy atom.